The number of rotatable bonds is 1. The van der Waals surface area contributed by atoms with E-state index in [-0.39, 0.29) is 5.56 Å². The number of imidazole rings is 1. The first-order valence-corrected chi connectivity index (χ1v) is 4.76. The van der Waals surface area contributed by atoms with Crippen LogP contribution in [0.25, 0.3) is 5.52 Å². The number of pyridine rings is 1. The zero-order chi connectivity index (χ0) is 10.3. The van der Waals surface area contributed by atoms with Crippen LogP contribution < -0.4 is 0 Å². The van der Waals surface area contributed by atoms with Crippen molar-refractivity contribution >= 4 is 27.4 Å². The lowest BCUT2D eigenvalue weighted by atomic mass is 10.3. The highest BCUT2D eigenvalue weighted by Gasteiger charge is 2.08. The highest BCUT2D eigenvalue weighted by Crippen LogP contribution is 2.19. The summed E-state index contributed by atoms with van der Waals surface area (Å²) in [6.07, 6.45) is 1.56. The number of carbonyl (C=O) groups is 1. The highest BCUT2D eigenvalue weighted by molar-refractivity contribution is 9.10. The molecule has 2 aromatic rings. The fourth-order valence-corrected chi connectivity index (χ4v) is 1.90. The van der Waals surface area contributed by atoms with E-state index in [1.54, 1.807) is 22.7 Å². The number of hydrogen-bond acceptors (Lipinski definition) is 2. The van der Waals surface area contributed by atoms with Crippen LogP contribution in [0.3, 0.4) is 0 Å². The molecule has 0 fully saturated rings. The molecule has 2 heterocycles. The number of nitrogens with zero attached hydrogens (tertiary/aromatic N) is 2. The molecule has 0 aliphatic carbocycles. The van der Waals surface area contributed by atoms with E-state index in [1.165, 1.54) is 0 Å². The monoisotopic (exact) mass is 254 g/mol. The molecule has 72 valence electrons. The molecule has 0 aliphatic rings. The van der Waals surface area contributed by atoms with Gasteiger partial charge in [-0.15, -0.1) is 0 Å². The van der Waals surface area contributed by atoms with Gasteiger partial charge in [-0.25, -0.2) is 9.78 Å². The summed E-state index contributed by atoms with van der Waals surface area (Å²) < 4.78 is 2.47. The van der Waals surface area contributed by atoms with E-state index in [4.69, 9.17) is 5.11 Å². The number of aryl methyl sites for hydroxylation is 1. The fraction of sp³-hybridized carbons (Fsp3) is 0.111. The van der Waals surface area contributed by atoms with Crippen molar-refractivity contribution in [1.82, 2.24) is 9.38 Å². The molecular weight excluding hydrogens is 248 g/mol. The van der Waals surface area contributed by atoms with Gasteiger partial charge in [-0.2, -0.15) is 0 Å². The van der Waals surface area contributed by atoms with E-state index in [0.717, 1.165) is 15.9 Å². The maximum absolute atomic E-state index is 10.7. The molecule has 0 aliphatic heterocycles. The lowest BCUT2D eigenvalue weighted by Crippen LogP contribution is -1.99. The summed E-state index contributed by atoms with van der Waals surface area (Å²) in [5, 5.41) is 8.80. The van der Waals surface area contributed by atoms with Gasteiger partial charge in [0.05, 0.1) is 11.1 Å². The Balaban J connectivity index is 2.77. The average Bonchev–Trinajstić information content (AvgIpc) is 2.42. The average molecular weight is 255 g/mol. The Labute approximate surface area is 88.3 Å². The minimum absolute atomic E-state index is 0.255. The second kappa shape index (κ2) is 3.09. The Bertz CT molecular complexity index is 519. The van der Waals surface area contributed by atoms with Crippen molar-refractivity contribution in [3.05, 3.63) is 34.3 Å². The molecule has 2 rings (SSSR count). The Morgan fingerprint density at radius 1 is 1.57 bits per heavy atom. The van der Waals surface area contributed by atoms with E-state index in [0.29, 0.717) is 0 Å². The highest BCUT2D eigenvalue weighted by atomic mass is 79.9. The largest absolute Gasteiger partial charge is 0.478 e. The number of carboxylic acids is 1. The Morgan fingerprint density at radius 2 is 2.29 bits per heavy atom. The van der Waals surface area contributed by atoms with Crippen LogP contribution in [0.2, 0.25) is 0 Å². The normalized spacial score (nSPS) is 10.7. The van der Waals surface area contributed by atoms with E-state index in [9.17, 15) is 4.79 Å². The molecule has 0 saturated heterocycles. The van der Waals surface area contributed by atoms with Crippen LogP contribution in [0.5, 0.6) is 0 Å². The lowest BCUT2D eigenvalue weighted by Gasteiger charge is -1.98. The molecule has 14 heavy (non-hydrogen) atoms. The van der Waals surface area contributed by atoms with Gasteiger partial charge >= 0.3 is 5.97 Å². The van der Waals surface area contributed by atoms with E-state index in [1.807, 2.05) is 6.92 Å². The summed E-state index contributed by atoms with van der Waals surface area (Å²) in [7, 11) is 0. The Kier molecular flexibility index (Phi) is 2.03. The van der Waals surface area contributed by atoms with Gasteiger partial charge in [0, 0.05) is 6.20 Å². The molecule has 0 saturated carbocycles. The molecule has 0 amide bonds. The quantitative estimate of drug-likeness (QED) is 0.848. The van der Waals surface area contributed by atoms with Gasteiger partial charge in [-0.3, -0.25) is 0 Å². The first-order valence-electron chi connectivity index (χ1n) is 3.97. The van der Waals surface area contributed by atoms with Gasteiger partial charge in [0.2, 0.25) is 0 Å². The van der Waals surface area contributed by atoms with Crippen molar-refractivity contribution in [3.63, 3.8) is 0 Å². The van der Waals surface area contributed by atoms with Crippen molar-refractivity contribution in [2.45, 2.75) is 6.92 Å². The van der Waals surface area contributed by atoms with Gasteiger partial charge in [0.15, 0.2) is 0 Å². The number of halogens is 1. The first kappa shape index (κ1) is 9.21. The van der Waals surface area contributed by atoms with E-state index >= 15 is 0 Å². The third kappa shape index (κ3) is 1.29. The van der Waals surface area contributed by atoms with Gasteiger partial charge in [0.25, 0.3) is 0 Å². The van der Waals surface area contributed by atoms with Gasteiger partial charge in [0.1, 0.15) is 10.4 Å². The predicted molar refractivity (Wildman–Crippen MR) is 54.6 cm³/mol. The summed E-state index contributed by atoms with van der Waals surface area (Å²) in [6, 6.07) is 3.29. The first-order chi connectivity index (χ1) is 6.59. The molecule has 0 radical (unpaired) electrons. The third-order valence-corrected chi connectivity index (χ3v) is 2.60. The van der Waals surface area contributed by atoms with Gasteiger partial charge in [-0.05, 0) is 35.0 Å². The molecule has 4 nitrogen and oxygen atoms in total. The number of hydrogen-bond donors (Lipinski definition) is 1. The minimum Gasteiger partial charge on any atom is -0.478 e. The summed E-state index contributed by atoms with van der Waals surface area (Å²) in [5.41, 5.74) is 1.12. The van der Waals surface area contributed by atoms with Crippen molar-refractivity contribution < 1.29 is 9.90 Å². The molecule has 0 unspecified atom stereocenters. The van der Waals surface area contributed by atoms with Crippen LogP contribution >= 0.6 is 15.9 Å². The number of carboxylic acid groups (broad SMARTS) is 1. The smallest absolute Gasteiger partial charge is 0.337 e. The maximum Gasteiger partial charge on any atom is 0.337 e. The second-order valence-corrected chi connectivity index (χ2v) is 3.68. The molecule has 0 atom stereocenters. The third-order valence-electron chi connectivity index (χ3n) is 2.02. The van der Waals surface area contributed by atoms with Crippen LogP contribution in [0.4, 0.5) is 0 Å². The summed E-state index contributed by atoms with van der Waals surface area (Å²) in [5.74, 6) is -0.175. The Morgan fingerprint density at radius 3 is 2.93 bits per heavy atom. The SMILES string of the molecule is Cc1nc(Br)c2ccc(C(=O)O)cn12. The van der Waals surface area contributed by atoms with Crippen LogP contribution in [0.15, 0.2) is 22.9 Å². The summed E-state index contributed by atoms with van der Waals surface area (Å²) >= 11 is 3.30. The molecule has 0 spiro atoms. The maximum atomic E-state index is 10.7. The zero-order valence-electron chi connectivity index (χ0n) is 7.36. The van der Waals surface area contributed by atoms with Crippen molar-refractivity contribution in [2.24, 2.45) is 0 Å². The van der Waals surface area contributed by atoms with Crippen molar-refractivity contribution in [2.75, 3.05) is 0 Å². The molecule has 1 N–H and O–H groups in total. The fourth-order valence-electron chi connectivity index (χ4n) is 1.32. The van der Waals surface area contributed by atoms with Crippen molar-refractivity contribution in [1.29, 1.82) is 0 Å². The van der Waals surface area contributed by atoms with Crippen LogP contribution in [-0.2, 0) is 0 Å². The lowest BCUT2D eigenvalue weighted by molar-refractivity contribution is 0.0696. The summed E-state index contributed by atoms with van der Waals surface area (Å²) in [6.45, 7) is 1.82. The van der Waals surface area contributed by atoms with Crippen LogP contribution in [-0.4, -0.2) is 20.5 Å². The Hall–Kier alpha value is -1.36. The number of aromatic carboxylic acids is 1. The van der Waals surface area contributed by atoms with Gasteiger partial charge in [-0.1, -0.05) is 0 Å². The van der Waals surface area contributed by atoms with Crippen LogP contribution in [0.1, 0.15) is 16.2 Å². The molecule has 5 heteroatoms. The zero-order valence-corrected chi connectivity index (χ0v) is 8.95. The van der Waals surface area contributed by atoms with Crippen LogP contribution in [0, 0.1) is 6.92 Å². The molecule has 2 aromatic heterocycles. The molecule has 0 aromatic carbocycles. The minimum atomic E-state index is -0.934. The van der Waals surface area contributed by atoms with Gasteiger partial charge < -0.3 is 9.51 Å². The van der Waals surface area contributed by atoms with E-state index in [2.05, 4.69) is 20.9 Å². The second-order valence-electron chi connectivity index (χ2n) is 2.93. The van der Waals surface area contributed by atoms with Crippen molar-refractivity contribution in [3.8, 4) is 0 Å². The predicted octanol–water partition coefficient (Wildman–Crippen LogP) is 2.10. The topological polar surface area (TPSA) is 54.6 Å². The summed E-state index contributed by atoms with van der Waals surface area (Å²) in [4.78, 5) is 14.9. The number of aromatic nitrogens is 2. The van der Waals surface area contributed by atoms with E-state index < -0.39 is 5.97 Å². The molecule has 0 bridgehead atoms. The number of fused-ring (bicyclic) bond motifs is 1. The molecular formula is C9H7BrN2O2. The standard InChI is InChI=1S/C9H7BrN2O2/c1-5-11-8(10)7-3-2-6(9(13)14)4-12(5)7/h2-4H,1H3,(H,13,14).